The van der Waals surface area contributed by atoms with Gasteiger partial charge in [-0.2, -0.15) is 0 Å². The van der Waals surface area contributed by atoms with Gasteiger partial charge in [0, 0.05) is 19.3 Å². The van der Waals surface area contributed by atoms with Gasteiger partial charge in [0.2, 0.25) is 9.34 Å². The fourth-order valence-electron chi connectivity index (χ4n) is 3.11. The van der Waals surface area contributed by atoms with E-state index in [1.54, 1.807) is 0 Å². The Balaban J connectivity index is 1.55. The van der Waals surface area contributed by atoms with Crippen molar-refractivity contribution < 1.29 is 18.9 Å². The van der Waals surface area contributed by atoms with E-state index in [-0.39, 0.29) is 24.4 Å². The van der Waals surface area contributed by atoms with Crippen molar-refractivity contribution in [1.29, 1.82) is 0 Å². The van der Waals surface area contributed by atoms with Gasteiger partial charge in [-0.15, -0.1) is 0 Å². The van der Waals surface area contributed by atoms with Crippen LogP contribution in [-0.4, -0.2) is 24.4 Å². The Morgan fingerprint density at radius 1 is 0.850 bits per heavy atom. The zero-order chi connectivity index (χ0) is 13.7. The summed E-state index contributed by atoms with van der Waals surface area (Å²) in [4.78, 5) is 0. The molecule has 20 heavy (non-hydrogen) atoms. The average molecular weight is 406 g/mol. The Bertz CT molecular complexity index is 525. The van der Waals surface area contributed by atoms with Crippen LogP contribution < -0.4 is 0 Å². The molecule has 4 rings (SSSR count). The van der Waals surface area contributed by atoms with E-state index in [9.17, 15) is 0 Å². The van der Waals surface area contributed by atoms with Crippen LogP contribution in [-0.2, 0) is 18.9 Å². The first-order chi connectivity index (χ1) is 9.70. The molecule has 0 radical (unpaired) electrons. The van der Waals surface area contributed by atoms with E-state index < -0.39 is 0 Å². The first-order valence-electron chi connectivity index (χ1n) is 6.82. The predicted molar refractivity (Wildman–Crippen MR) is 79.0 cm³/mol. The lowest BCUT2D eigenvalue weighted by atomic mass is 9.88. The Morgan fingerprint density at radius 3 is 2.15 bits per heavy atom. The van der Waals surface area contributed by atoms with Crippen LogP contribution in [0.15, 0.2) is 33.0 Å². The molecule has 4 atom stereocenters. The normalized spacial score (nSPS) is 38.7. The van der Waals surface area contributed by atoms with Crippen LogP contribution in [0.2, 0.25) is 0 Å². The first kappa shape index (κ1) is 13.1. The third-order valence-corrected chi connectivity index (χ3v) is 5.70. The van der Waals surface area contributed by atoms with Crippen molar-refractivity contribution in [2.45, 2.75) is 50.1 Å². The van der Waals surface area contributed by atoms with Crippen molar-refractivity contribution in [2.24, 2.45) is 0 Å². The van der Waals surface area contributed by atoms with Gasteiger partial charge in [-0.25, -0.2) is 0 Å². The molecule has 0 saturated heterocycles. The molecule has 6 heteroatoms. The molecule has 0 amide bonds. The third-order valence-electron chi connectivity index (χ3n) is 4.08. The number of halogens is 2. The molecule has 0 aromatic heterocycles. The summed E-state index contributed by atoms with van der Waals surface area (Å²) < 4.78 is 25.2. The lowest BCUT2D eigenvalue weighted by Crippen LogP contribution is -2.51. The minimum absolute atomic E-state index is 0.00486. The molecule has 0 aromatic carbocycles. The van der Waals surface area contributed by atoms with Crippen LogP contribution in [0.25, 0.3) is 0 Å². The van der Waals surface area contributed by atoms with Crippen molar-refractivity contribution in [3.8, 4) is 0 Å². The number of rotatable bonds is 0. The smallest absolute Gasteiger partial charge is 0.212 e. The van der Waals surface area contributed by atoms with E-state index >= 15 is 0 Å². The summed E-state index contributed by atoms with van der Waals surface area (Å²) in [6, 6.07) is 0. The van der Waals surface area contributed by atoms with Gasteiger partial charge in [0.1, 0.15) is 30.2 Å². The molecule has 0 N–H and O–H groups in total. The minimum Gasteiger partial charge on any atom is -0.487 e. The number of ether oxygens (including phenoxy) is 4. The zero-order valence-electron chi connectivity index (χ0n) is 10.7. The quantitative estimate of drug-likeness (QED) is 0.613. The topological polar surface area (TPSA) is 36.9 Å². The first-order valence-corrected chi connectivity index (χ1v) is 8.41. The monoisotopic (exact) mass is 404 g/mol. The number of hydrogen-bond acceptors (Lipinski definition) is 4. The SMILES string of the molecule is BrC1=C(Br)OC2CC3OC4=C(C=CCC4)OC3CC2O1. The van der Waals surface area contributed by atoms with Crippen molar-refractivity contribution in [2.75, 3.05) is 0 Å². The van der Waals surface area contributed by atoms with Gasteiger partial charge < -0.3 is 18.9 Å². The van der Waals surface area contributed by atoms with Crippen molar-refractivity contribution in [1.82, 2.24) is 0 Å². The molecule has 1 fully saturated rings. The van der Waals surface area contributed by atoms with Gasteiger partial charge in [0.05, 0.1) is 0 Å². The van der Waals surface area contributed by atoms with Gasteiger partial charge in [-0.05, 0) is 44.4 Å². The van der Waals surface area contributed by atoms with Gasteiger partial charge >= 0.3 is 0 Å². The Kier molecular flexibility index (Phi) is 3.26. The van der Waals surface area contributed by atoms with Crippen molar-refractivity contribution in [3.05, 3.63) is 33.0 Å². The highest BCUT2D eigenvalue weighted by Crippen LogP contribution is 2.42. The van der Waals surface area contributed by atoms with E-state index in [1.807, 2.05) is 6.08 Å². The van der Waals surface area contributed by atoms with Crippen molar-refractivity contribution >= 4 is 31.9 Å². The molecule has 4 nitrogen and oxygen atoms in total. The predicted octanol–water partition coefficient (Wildman–Crippen LogP) is 3.83. The molecule has 2 heterocycles. The molecule has 0 spiro atoms. The van der Waals surface area contributed by atoms with Gasteiger partial charge in [0.25, 0.3) is 0 Å². The maximum Gasteiger partial charge on any atom is 0.212 e. The lowest BCUT2D eigenvalue weighted by Gasteiger charge is -2.45. The Morgan fingerprint density at radius 2 is 1.45 bits per heavy atom. The molecule has 4 aliphatic rings. The fourth-order valence-corrected chi connectivity index (χ4v) is 3.78. The highest BCUT2D eigenvalue weighted by Gasteiger charge is 2.47. The van der Waals surface area contributed by atoms with E-state index in [0.29, 0.717) is 9.34 Å². The molecule has 0 aromatic rings. The summed E-state index contributed by atoms with van der Waals surface area (Å²) >= 11 is 6.71. The number of hydrogen-bond donors (Lipinski definition) is 0. The molecular weight excluding hydrogens is 392 g/mol. The van der Waals surface area contributed by atoms with Crippen LogP contribution in [0.1, 0.15) is 25.7 Å². The maximum absolute atomic E-state index is 6.13. The van der Waals surface area contributed by atoms with Crippen LogP contribution in [0.3, 0.4) is 0 Å². The summed E-state index contributed by atoms with van der Waals surface area (Å²) in [7, 11) is 0. The van der Waals surface area contributed by atoms with Gasteiger partial charge in [0.15, 0.2) is 5.76 Å². The Labute approximate surface area is 134 Å². The maximum atomic E-state index is 6.13. The van der Waals surface area contributed by atoms with Crippen LogP contribution in [0.4, 0.5) is 0 Å². The summed E-state index contributed by atoms with van der Waals surface area (Å²) in [5.41, 5.74) is 0. The highest BCUT2D eigenvalue weighted by atomic mass is 79.9. The molecule has 2 aliphatic carbocycles. The summed E-state index contributed by atoms with van der Waals surface area (Å²) in [6.45, 7) is 0. The second-order valence-corrected chi connectivity index (χ2v) is 6.81. The standard InChI is InChI=1S/C14H14Br2O4/c15-13-14(16)20-12-6-10-9(5-11(12)19-13)17-7-3-1-2-4-8(7)18-10/h1,3,9-12H,2,4-6H2. The second kappa shape index (κ2) is 4.98. The third kappa shape index (κ3) is 2.17. The van der Waals surface area contributed by atoms with Crippen LogP contribution in [0, 0.1) is 0 Å². The van der Waals surface area contributed by atoms with E-state index in [2.05, 4.69) is 37.9 Å². The molecule has 108 valence electrons. The molecule has 1 saturated carbocycles. The summed E-state index contributed by atoms with van der Waals surface area (Å²) in [6.07, 6.45) is 7.77. The molecule has 0 bridgehead atoms. The average Bonchev–Trinajstić information content (AvgIpc) is 2.44. The van der Waals surface area contributed by atoms with Crippen molar-refractivity contribution in [3.63, 3.8) is 0 Å². The zero-order valence-corrected chi connectivity index (χ0v) is 13.9. The van der Waals surface area contributed by atoms with E-state index in [0.717, 1.165) is 37.2 Å². The molecule has 2 aliphatic heterocycles. The van der Waals surface area contributed by atoms with E-state index in [4.69, 9.17) is 18.9 Å². The second-order valence-electron chi connectivity index (χ2n) is 5.37. The highest BCUT2D eigenvalue weighted by molar-refractivity contribution is 9.14. The lowest BCUT2D eigenvalue weighted by molar-refractivity contribution is -0.159. The van der Waals surface area contributed by atoms with Crippen LogP contribution >= 0.6 is 31.9 Å². The summed E-state index contributed by atoms with van der Waals surface area (Å²) in [5.74, 6) is 1.88. The molecule has 4 unspecified atom stereocenters. The van der Waals surface area contributed by atoms with Gasteiger partial charge in [-0.3, -0.25) is 0 Å². The molecular formula is C14H14Br2O4. The van der Waals surface area contributed by atoms with E-state index in [1.165, 1.54) is 0 Å². The fraction of sp³-hybridized carbons (Fsp3) is 0.571. The number of fused-ring (bicyclic) bond motifs is 2. The Hall–Kier alpha value is -0.620. The number of allylic oxidation sites excluding steroid dienone is 3. The summed E-state index contributed by atoms with van der Waals surface area (Å²) in [5, 5.41) is 0. The van der Waals surface area contributed by atoms with Gasteiger partial charge in [-0.1, -0.05) is 6.08 Å². The largest absolute Gasteiger partial charge is 0.487 e. The van der Waals surface area contributed by atoms with Crippen LogP contribution in [0.5, 0.6) is 0 Å². The minimum atomic E-state index is 0.00486.